The highest BCUT2D eigenvalue weighted by atomic mass is 35.5. The van der Waals surface area contributed by atoms with Gasteiger partial charge in [0.25, 0.3) is 0 Å². The molecule has 1 aliphatic rings. The SMILES string of the molecule is O=C(O)C1(c2ccc(F)c(F)c2Cl)CCC1. The summed E-state index contributed by atoms with van der Waals surface area (Å²) in [5, 5.41) is 8.73. The van der Waals surface area contributed by atoms with Crippen LogP contribution in [0.4, 0.5) is 8.78 Å². The Bertz CT molecular complexity index is 456. The van der Waals surface area contributed by atoms with Crippen molar-refractivity contribution in [1.82, 2.24) is 0 Å². The molecule has 5 heteroatoms. The van der Waals surface area contributed by atoms with E-state index in [1.807, 2.05) is 0 Å². The molecule has 0 atom stereocenters. The maximum absolute atomic E-state index is 13.2. The fourth-order valence-electron chi connectivity index (χ4n) is 2.02. The fraction of sp³-hybridized carbons (Fsp3) is 0.364. The quantitative estimate of drug-likeness (QED) is 0.814. The Morgan fingerprint density at radius 3 is 2.44 bits per heavy atom. The molecule has 2 rings (SSSR count). The van der Waals surface area contributed by atoms with Crippen LogP contribution >= 0.6 is 11.6 Å². The van der Waals surface area contributed by atoms with Crippen LogP contribution in [0, 0.1) is 11.6 Å². The number of carboxylic acid groups (broad SMARTS) is 1. The summed E-state index contributed by atoms with van der Waals surface area (Å²) in [5.41, 5.74) is -0.960. The lowest BCUT2D eigenvalue weighted by Gasteiger charge is -2.38. The van der Waals surface area contributed by atoms with Crippen LogP contribution < -0.4 is 0 Å². The molecule has 2 nitrogen and oxygen atoms in total. The van der Waals surface area contributed by atoms with E-state index in [0.717, 1.165) is 12.5 Å². The van der Waals surface area contributed by atoms with E-state index in [1.54, 1.807) is 0 Å². The second-order valence-corrected chi connectivity index (χ2v) is 4.34. The Labute approximate surface area is 95.8 Å². The molecule has 0 spiro atoms. The highest BCUT2D eigenvalue weighted by molar-refractivity contribution is 6.32. The van der Waals surface area contributed by atoms with Crippen LogP contribution in [0.1, 0.15) is 24.8 Å². The van der Waals surface area contributed by atoms with Gasteiger partial charge in [-0.25, -0.2) is 8.78 Å². The molecule has 0 saturated heterocycles. The molecular weight excluding hydrogens is 238 g/mol. The highest BCUT2D eigenvalue weighted by Crippen LogP contribution is 2.47. The van der Waals surface area contributed by atoms with Crippen LogP contribution in [0.5, 0.6) is 0 Å². The van der Waals surface area contributed by atoms with Gasteiger partial charge in [-0.2, -0.15) is 0 Å². The van der Waals surface area contributed by atoms with Crippen molar-refractivity contribution < 1.29 is 18.7 Å². The molecule has 1 aromatic rings. The van der Waals surface area contributed by atoms with E-state index in [2.05, 4.69) is 0 Å². The number of aliphatic carboxylic acids is 1. The number of rotatable bonds is 2. The molecule has 16 heavy (non-hydrogen) atoms. The molecule has 0 unspecified atom stereocenters. The van der Waals surface area contributed by atoms with Gasteiger partial charge in [-0.05, 0) is 24.5 Å². The molecule has 0 aliphatic heterocycles. The molecule has 0 radical (unpaired) electrons. The van der Waals surface area contributed by atoms with Crippen LogP contribution in [-0.2, 0) is 10.2 Å². The standard InChI is InChI=1S/C11H9ClF2O2/c12-8-6(2-3-7(13)9(8)14)11(10(15)16)4-1-5-11/h2-3H,1,4-5H2,(H,15,16). The first-order chi connectivity index (χ1) is 7.49. The van der Waals surface area contributed by atoms with Gasteiger partial charge in [-0.1, -0.05) is 24.1 Å². The van der Waals surface area contributed by atoms with Gasteiger partial charge in [0, 0.05) is 0 Å². The van der Waals surface area contributed by atoms with Crippen LogP contribution in [0.25, 0.3) is 0 Å². The lowest BCUT2D eigenvalue weighted by Crippen LogP contribution is -2.42. The Morgan fingerprint density at radius 1 is 1.38 bits per heavy atom. The minimum absolute atomic E-state index is 0.173. The summed E-state index contributed by atoms with van der Waals surface area (Å²) in [6, 6.07) is 2.17. The van der Waals surface area contributed by atoms with Gasteiger partial charge < -0.3 is 5.11 Å². The zero-order valence-corrected chi connectivity index (χ0v) is 9.02. The van der Waals surface area contributed by atoms with Gasteiger partial charge in [-0.15, -0.1) is 0 Å². The number of carbonyl (C=O) groups is 1. The predicted molar refractivity (Wildman–Crippen MR) is 54.5 cm³/mol. The molecule has 1 aliphatic carbocycles. The third-order valence-electron chi connectivity index (χ3n) is 3.17. The molecule has 1 aromatic carbocycles. The van der Waals surface area contributed by atoms with Gasteiger partial charge >= 0.3 is 5.97 Å². The second kappa shape index (κ2) is 3.70. The summed E-state index contributed by atoms with van der Waals surface area (Å²) in [6.45, 7) is 0. The molecule has 1 N–H and O–H groups in total. The minimum Gasteiger partial charge on any atom is -0.481 e. The Kier molecular flexibility index (Phi) is 2.62. The monoisotopic (exact) mass is 246 g/mol. The average molecular weight is 247 g/mol. The summed E-state index contributed by atoms with van der Waals surface area (Å²) in [4.78, 5) is 11.2. The first-order valence-corrected chi connectivity index (χ1v) is 5.24. The third kappa shape index (κ3) is 1.40. The number of carboxylic acids is 1. The van der Waals surface area contributed by atoms with Crippen molar-refractivity contribution in [2.75, 3.05) is 0 Å². The van der Waals surface area contributed by atoms with E-state index < -0.39 is 28.0 Å². The maximum Gasteiger partial charge on any atom is 0.314 e. The van der Waals surface area contributed by atoms with E-state index in [-0.39, 0.29) is 5.56 Å². The summed E-state index contributed by atoms with van der Waals surface area (Å²) < 4.78 is 26.1. The molecular formula is C11H9ClF2O2. The molecule has 0 aromatic heterocycles. The van der Waals surface area contributed by atoms with Crippen molar-refractivity contribution in [3.05, 3.63) is 34.4 Å². The summed E-state index contributed by atoms with van der Waals surface area (Å²) in [7, 11) is 0. The first kappa shape index (κ1) is 11.3. The zero-order chi connectivity index (χ0) is 11.9. The normalized spacial score (nSPS) is 17.9. The number of halogens is 3. The minimum atomic E-state index is -1.17. The molecule has 0 heterocycles. The van der Waals surface area contributed by atoms with Crippen molar-refractivity contribution in [3.8, 4) is 0 Å². The van der Waals surface area contributed by atoms with E-state index in [0.29, 0.717) is 12.8 Å². The van der Waals surface area contributed by atoms with Crippen molar-refractivity contribution >= 4 is 17.6 Å². The molecule has 0 amide bonds. The summed E-state index contributed by atoms with van der Waals surface area (Å²) in [5.74, 6) is -3.27. The molecule has 86 valence electrons. The molecule has 1 fully saturated rings. The number of benzene rings is 1. The largest absolute Gasteiger partial charge is 0.481 e. The van der Waals surface area contributed by atoms with Gasteiger partial charge in [0.1, 0.15) is 0 Å². The smallest absolute Gasteiger partial charge is 0.314 e. The average Bonchev–Trinajstić information content (AvgIpc) is 2.16. The van der Waals surface area contributed by atoms with Crippen LogP contribution in [0.3, 0.4) is 0 Å². The second-order valence-electron chi connectivity index (χ2n) is 3.96. The molecule has 1 saturated carbocycles. The molecule has 0 bridgehead atoms. The lowest BCUT2D eigenvalue weighted by molar-refractivity contribution is -0.147. The lowest BCUT2D eigenvalue weighted by atomic mass is 9.64. The number of hydrogen-bond donors (Lipinski definition) is 1. The van der Waals surface area contributed by atoms with Crippen molar-refractivity contribution in [3.63, 3.8) is 0 Å². The third-order valence-corrected chi connectivity index (χ3v) is 3.54. The Hall–Kier alpha value is -1.16. The van der Waals surface area contributed by atoms with Crippen molar-refractivity contribution in [1.29, 1.82) is 0 Å². The Morgan fingerprint density at radius 2 is 2.00 bits per heavy atom. The zero-order valence-electron chi connectivity index (χ0n) is 8.27. The first-order valence-electron chi connectivity index (χ1n) is 4.86. The van der Waals surface area contributed by atoms with Gasteiger partial charge in [-0.3, -0.25) is 4.79 Å². The summed E-state index contributed by atoms with van der Waals surface area (Å²) in [6.07, 6.45) is 1.57. The van der Waals surface area contributed by atoms with E-state index in [1.165, 1.54) is 6.07 Å². The number of hydrogen-bond acceptors (Lipinski definition) is 1. The topological polar surface area (TPSA) is 37.3 Å². The van der Waals surface area contributed by atoms with Gasteiger partial charge in [0.05, 0.1) is 10.4 Å². The fourth-order valence-corrected chi connectivity index (χ4v) is 2.36. The van der Waals surface area contributed by atoms with Crippen LogP contribution in [0.2, 0.25) is 5.02 Å². The van der Waals surface area contributed by atoms with Gasteiger partial charge in [0.2, 0.25) is 0 Å². The van der Waals surface area contributed by atoms with E-state index in [4.69, 9.17) is 16.7 Å². The van der Waals surface area contributed by atoms with E-state index >= 15 is 0 Å². The van der Waals surface area contributed by atoms with Crippen molar-refractivity contribution in [2.24, 2.45) is 0 Å². The maximum atomic E-state index is 13.2. The highest BCUT2D eigenvalue weighted by Gasteiger charge is 2.47. The predicted octanol–water partition coefficient (Wildman–Crippen LogP) is 3.12. The van der Waals surface area contributed by atoms with E-state index in [9.17, 15) is 13.6 Å². The Balaban J connectivity index is 2.56. The summed E-state index contributed by atoms with van der Waals surface area (Å²) >= 11 is 5.66. The van der Waals surface area contributed by atoms with Gasteiger partial charge in [0.15, 0.2) is 11.6 Å². The van der Waals surface area contributed by atoms with Crippen LogP contribution in [-0.4, -0.2) is 11.1 Å². The van der Waals surface area contributed by atoms with Crippen molar-refractivity contribution in [2.45, 2.75) is 24.7 Å². The van der Waals surface area contributed by atoms with Crippen LogP contribution in [0.15, 0.2) is 12.1 Å².